The van der Waals surface area contributed by atoms with Gasteiger partial charge in [-0.15, -0.1) is 0 Å². The van der Waals surface area contributed by atoms with Crippen molar-refractivity contribution in [2.45, 2.75) is 25.7 Å². The normalized spacial score (nSPS) is 10.2. The molecule has 0 atom stereocenters. The maximum absolute atomic E-state index is 10.6. The predicted molar refractivity (Wildman–Crippen MR) is 69.2 cm³/mol. The van der Waals surface area contributed by atoms with Gasteiger partial charge in [0.1, 0.15) is 5.84 Å². The zero-order valence-electron chi connectivity index (χ0n) is 9.50. The zero-order chi connectivity index (χ0) is 12.8. The zero-order valence-corrected chi connectivity index (χ0v) is 10.3. The average Bonchev–Trinajstić information content (AvgIpc) is 2.25. The van der Waals surface area contributed by atoms with Gasteiger partial charge in [-0.3, -0.25) is 10.2 Å². The van der Waals surface area contributed by atoms with Crippen LogP contribution in [0, 0.1) is 5.41 Å². The molecule has 0 saturated carbocycles. The minimum absolute atomic E-state index is 0.0333. The topological polar surface area (TPSA) is 93.0 Å². The molecule has 0 heterocycles. The Bertz CT molecular complexity index is 432. The molecule has 1 rings (SSSR count). The van der Waals surface area contributed by atoms with Gasteiger partial charge in [0.15, 0.2) is 0 Å². The van der Waals surface area contributed by atoms with Crippen molar-refractivity contribution in [1.29, 1.82) is 5.41 Å². The lowest BCUT2D eigenvalue weighted by molar-refractivity contribution is -0.118. The highest BCUT2D eigenvalue weighted by atomic mass is 35.5. The van der Waals surface area contributed by atoms with Gasteiger partial charge in [0.05, 0.1) is 5.02 Å². The van der Waals surface area contributed by atoms with Crippen LogP contribution in [-0.2, 0) is 11.2 Å². The molecule has 0 aliphatic heterocycles. The number of nitrogen functional groups attached to an aromatic ring is 1. The number of unbranched alkanes of at least 4 members (excludes halogenated alkanes) is 1. The quantitative estimate of drug-likeness (QED) is 0.410. The molecule has 5 N–H and O–H groups in total. The molecule has 0 radical (unpaired) electrons. The van der Waals surface area contributed by atoms with E-state index in [1.165, 1.54) is 0 Å². The third-order valence-electron chi connectivity index (χ3n) is 2.46. The smallest absolute Gasteiger partial charge is 0.217 e. The molecule has 0 aromatic heterocycles. The van der Waals surface area contributed by atoms with Gasteiger partial charge in [0.2, 0.25) is 5.91 Å². The van der Waals surface area contributed by atoms with Crippen LogP contribution in [0.2, 0.25) is 5.02 Å². The molecule has 0 bridgehead atoms. The van der Waals surface area contributed by atoms with E-state index in [4.69, 9.17) is 28.5 Å². The summed E-state index contributed by atoms with van der Waals surface area (Å²) < 4.78 is 0. The number of benzene rings is 1. The van der Waals surface area contributed by atoms with E-state index < -0.39 is 0 Å². The highest BCUT2D eigenvalue weighted by molar-refractivity contribution is 6.33. The Morgan fingerprint density at radius 1 is 1.29 bits per heavy atom. The summed E-state index contributed by atoms with van der Waals surface area (Å²) in [6, 6.07) is 5.45. The Morgan fingerprint density at radius 3 is 2.59 bits per heavy atom. The van der Waals surface area contributed by atoms with Crippen LogP contribution in [-0.4, -0.2) is 11.7 Å². The standard InChI is InChI=1S/C12H16ClN3O/c13-10-6-5-8(7-9(10)12(15)16)3-1-2-4-11(14)17/h5-7H,1-4H2,(H2,14,17)(H3,15,16). The van der Waals surface area contributed by atoms with Crippen molar-refractivity contribution in [3.63, 3.8) is 0 Å². The molecule has 0 aliphatic rings. The van der Waals surface area contributed by atoms with E-state index >= 15 is 0 Å². The SMILES string of the molecule is N=C(N)c1cc(CCCCC(N)=O)ccc1Cl. The summed E-state index contributed by atoms with van der Waals surface area (Å²) in [6.45, 7) is 0. The van der Waals surface area contributed by atoms with Crippen molar-refractivity contribution < 1.29 is 4.79 Å². The first-order valence-electron chi connectivity index (χ1n) is 5.42. The molecule has 17 heavy (non-hydrogen) atoms. The number of carbonyl (C=O) groups is 1. The summed E-state index contributed by atoms with van der Waals surface area (Å²) in [5, 5.41) is 7.86. The van der Waals surface area contributed by atoms with Crippen LogP contribution in [0.5, 0.6) is 0 Å². The first-order chi connectivity index (χ1) is 8.00. The third-order valence-corrected chi connectivity index (χ3v) is 2.79. The number of amides is 1. The second kappa shape index (κ2) is 6.25. The molecule has 0 fully saturated rings. The number of primary amides is 1. The van der Waals surface area contributed by atoms with E-state index in [2.05, 4.69) is 0 Å². The van der Waals surface area contributed by atoms with Crippen molar-refractivity contribution in [3.8, 4) is 0 Å². The summed E-state index contributed by atoms with van der Waals surface area (Å²) in [4.78, 5) is 10.6. The van der Waals surface area contributed by atoms with E-state index in [9.17, 15) is 4.79 Å². The molecular weight excluding hydrogens is 238 g/mol. The number of rotatable bonds is 6. The van der Waals surface area contributed by atoms with Crippen LogP contribution in [0.3, 0.4) is 0 Å². The van der Waals surface area contributed by atoms with Gasteiger partial charge in [0, 0.05) is 12.0 Å². The van der Waals surface area contributed by atoms with E-state index in [-0.39, 0.29) is 11.7 Å². The molecule has 0 saturated heterocycles. The molecule has 0 spiro atoms. The Kier molecular flexibility index (Phi) is 4.97. The molecule has 92 valence electrons. The maximum Gasteiger partial charge on any atom is 0.217 e. The number of hydrogen-bond donors (Lipinski definition) is 3. The summed E-state index contributed by atoms with van der Waals surface area (Å²) in [5.41, 5.74) is 12.1. The second-order valence-corrected chi connectivity index (χ2v) is 4.31. The molecule has 1 amide bonds. The lowest BCUT2D eigenvalue weighted by atomic mass is 10.0. The van der Waals surface area contributed by atoms with Gasteiger partial charge < -0.3 is 11.5 Å². The number of carbonyl (C=O) groups excluding carboxylic acids is 1. The fraction of sp³-hybridized carbons (Fsp3) is 0.333. The lowest BCUT2D eigenvalue weighted by Crippen LogP contribution is -2.12. The molecule has 5 heteroatoms. The van der Waals surface area contributed by atoms with Gasteiger partial charge >= 0.3 is 0 Å². The number of nitrogens with two attached hydrogens (primary N) is 2. The fourth-order valence-corrected chi connectivity index (χ4v) is 1.78. The van der Waals surface area contributed by atoms with Crippen LogP contribution in [0.15, 0.2) is 18.2 Å². The first-order valence-corrected chi connectivity index (χ1v) is 5.79. The summed E-state index contributed by atoms with van der Waals surface area (Å²) in [6.07, 6.45) is 2.88. The van der Waals surface area contributed by atoms with E-state index in [1.54, 1.807) is 6.07 Å². The Balaban J connectivity index is 2.57. The number of nitrogens with one attached hydrogen (secondary N) is 1. The molecule has 0 aliphatic carbocycles. The predicted octanol–water partition coefficient (Wildman–Crippen LogP) is 1.82. The molecule has 1 aromatic carbocycles. The van der Waals surface area contributed by atoms with Gasteiger partial charge in [-0.1, -0.05) is 17.7 Å². The second-order valence-electron chi connectivity index (χ2n) is 3.90. The molecule has 4 nitrogen and oxygen atoms in total. The molecule has 1 aromatic rings. The maximum atomic E-state index is 10.6. The Morgan fingerprint density at radius 2 is 2.00 bits per heavy atom. The molecular formula is C12H16ClN3O. The third kappa shape index (κ3) is 4.44. The number of aryl methyl sites for hydroxylation is 1. The number of amidine groups is 1. The van der Waals surface area contributed by atoms with Crippen molar-refractivity contribution in [1.82, 2.24) is 0 Å². The van der Waals surface area contributed by atoms with Gasteiger partial charge in [-0.2, -0.15) is 0 Å². The minimum atomic E-state index is -0.273. The minimum Gasteiger partial charge on any atom is -0.384 e. The number of hydrogen-bond acceptors (Lipinski definition) is 2. The fourth-order valence-electron chi connectivity index (χ4n) is 1.56. The van der Waals surface area contributed by atoms with Crippen LogP contribution in [0.25, 0.3) is 0 Å². The van der Waals surface area contributed by atoms with E-state index in [0.29, 0.717) is 17.0 Å². The van der Waals surface area contributed by atoms with Crippen LogP contribution < -0.4 is 11.5 Å². The lowest BCUT2D eigenvalue weighted by Gasteiger charge is -2.06. The van der Waals surface area contributed by atoms with Gasteiger partial charge in [0.25, 0.3) is 0 Å². The van der Waals surface area contributed by atoms with Crippen LogP contribution in [0.4, 0.5) is 0 Å². The average molecular weight is 254 g/mol. The summed E-state index contributed by atoms with van der Waals surface area (Å²) in [5.74, 6) is -0.306. The summed E-state index contributed by atoms with van der Waals surface area (Å²) >= 11 is 5.91. The largest absolute Gasteiger partial charge is 0.384 e. The number of halogens is 1. The van der Waals surface area contributed by atoms with Crippen LogP contribution >= 0.6 is 11.6 Å². The monoisotopic (exact) mass is 253 g/mol. The van der Waals surface area contributed by atoms with Gasteiger partial charge in [-0.05, 0) is 37.0 Å². The van der Waals surface area contributed by atoms with E-state index in [1.807, 2.05) is 12.1 Å². The van der Waals surface area contributed by atoms with Crippen LogP contribution in [0.1, 0.15) is 30.4 Å². The van der Waals surface area contributed by atoms with Crippen molar-refractivity contribution in [3.05, 3.63) is 34.3 Å². The molecule has 0 unspecified atom stereocenters. The van der Waals surface area contributed by atoms with E-state index in [0.717, 1.165) is 24.8 Å². The first kappa shape index (κ1) is 13.5. The Labute approximate surface area is 105 Å². The Hall–Kier alpha value is -1.55. The van der Waals surface area contributed by atoms with Gasteiger partial charge in [-0.25, -0.2) is 0 Å². The summed E-state index contributed by atoms with van der Waals surface area (Å²) in [7, 11) is 0. The van der Waals surface area contributed by atoms with Crippen molar-refractivity contribution >= 4 is 23.3 Å². The highest BCUT2D eigenvalue weighted by Gasteiger charge is 2.05. The van der Waals surface area contributed by atoms with Crippen molar-refractivity contribution in [2.75, 3.05) is 0 Å². The van der Waals surface area contributed by atoms with Crippen molar-refractivity contribution in [2.24, 2.45) is 11.5 Å². The highest BCUT2D eigenvalue weighted by Crippen LogP contribution is 2.18.